The van der Waals surface area contributed by atoms with Crippen LogP contribution in [0.15, 0.2) is 71.7 Å². The van der Waals surface area contributed by atoms with E-state index in [1.165, 1.54) is 0 Å². The Kier molecular flexibility index (Phi) is 6.18. The summed E-state index contributed by atoms with van der Waals surface area (Å²) in [4.78, 5) is 4.13. The largest absolute Gasteiger partial charge is 0.491 e. The molecule has 152 valence electrons. The summed E-state index contributed by atoms with van der Waals surface area (Å²) in [5.41, 5.74) is 2.04. The number of benzene rings is 2. The van der Waals surface area contributed by atoms with Gasteiger partial charge in [0.1, 0.15) is 18.5 Å². The number of nitrogens with one attached hydrogen (secondary N) is 1. The first kappa shape index (κ1) is 19.9. The molecule has 0 radical (unpaired) electrons. The molecule has 6 nitrogen and oxygen atoms in total. The quantitative estimate of drug-likeness (QED) is 0.542. The Balaban J connectivity index is 1.45. The maximum absolute atomic E-state index is 6.41. The molecule has 2 unspecified atom stereocenters. The molecule has 0 bridgehead atoms. The van der Waals surface area contributed by atoms with Gasteiger partial charge >= 0.3 is 0 Å². The summed E-state index contributed by atoms with van der Waals surface area (Å²) in [5, 5.41) is 3.27. The normalized spacial score (nSPS) is 21.2. The van der Waals surface area contributed by atoms with Crippen LogP contribution in [-0.4, -0.2) is 35.4 Å². The third-order valence-electron chi connectivity index (χ3n) is 4.76. The molecule has 1 aliphatic heterocycles. The molecule has 0 spiro atoms. The van der Waals surface area contributed by atoms with Gasteiger partial charge in [-0.15, -0.1) is 0 Å². The van der Waals surface area contributed by atoms with Crippen LogP contribution in [0.25, 0.3) is 0 Å². The Morgan fingerprint density at radius 2 is 2.00 bits per heavy atom. The van der Waals surface area contributed by atoms with Crippen LogP contribution in [0.3, 0.4) is 0 Å². The van der Waals surface area contributed by atoms with Crippen molar-refractivity contribution in [2.45, 2.75) is 25.4 Å². The van der Waals surface area contributed by atoms with E-state index in [9.17, 15) is 0 Å². The summed E-state index contributed by atoms with van der Waals surface area (Å²) in [5.74, 6) is -0.0596. The van der Waals surface area contributed by atoms with Gasteiger partial charge in [0, 0.05) is 34.7 Å². The van der Waals surface area contributed by atoms with Gasteiger partial charge in [-0.2, -0.15) is 0 Å². The Labute approximate surface area is 178 Å². The molecule has 1 aliphatic rings. The molecule has 4 rings (SSSR count). The maximum Gasteiger partial charge on any atom is 0.214 e. The monoisotopic (exact) mass is 457 g/mol. The third kappa shape index (κ3) is 4.80. The SMILES string of the molecule is CCNc1ccc(OCC2COC(Cn3ccnc3)(c3ccc(Br)cc3)O2)cc1. The molecule has 2 aromatic carbocycles. The molecule has 1 fully saturated rings. The van der Waals surface area contributed by atoms with Crippen LogP contribution in [0.1, 0.15) is 12.5 Å². The van der Waals surface area contributed by atoms with Gasteiger partial charge < -0.3 is 24.1 Å². The van der Waals surface area contributed by atoms with Crippen LogP contribution >= 0.6 is 15.9 Å². The highest BCUT2D eigenvalue weighted by molar-refractivity contribution is 9.10. The molecule has 1 aromatic heterocycles. The molecule has 2 heterocycles. The highest BCUT2D eigenvalue weighted by atomic mass is 79.9. The first-order valence-corrected chi connectivity index (χ1v) is 10.5. The van der Waals surface area contributed by atoms with Crippen molar-refractivity contribution in [1.29, 1.82) is 0 Å². The Bertz CT molecular complexity index is 900. The number of aromatic nitrogens is 2. The number of hydrogen-bond donors (Lipinski definition) is 1. The molecule has 0 saturated carbocycles. The van der Waals surface area contributed by atoms with Gasteiger partial charge in [0.2, 0.25) is 5.79 Å². The highest BCUT2D eigenvalue weighted by Crippen LogP contribution is 2.37. The fourth-order valence-corrected chi connectivity index (χ4v) is 3.62. The summed E-state index contributed by atoms with van der Waals surface area (Å²) in [6.45, 7) is 4.36. The van der Waals surface area contributed by atoms with E-state index in [4.69, 9.17) is 14.2 Å². The molecule has 7 heteroatoms. The van der Waals surface area contributed by atoms with E-state index < -0.39 is 5.79 Å². The molecular formula is C22H24BrN3O3. The summed E-state index contributed by atoms with van der Waals surface area (Å²) in [6, 6.07) is 16.0. The minimum Gasteiger partial charge on any atom is -0.491 e. The number of hydrogen-bond acceptors (Lipinski definition) is 5. The Morgan fingerprint density at radius 3 is 2.69 bits per heavy atom. The second-order valence-electron chi connectivity index (χ2n) is 6.91. The van der Waals surface area contributed by atoms with Crippen molar-refractivity contribution in [3.63, 3.8) is 0 Å². The molecule has 0 aliphatic carbocycles. The van der Waals surface area contributed by atoms with Gasteiger partial charge in [-0.1, -0.05) is 28.1 Å². The molecule has 1 saturated heterocycles. The maximum atomic E-state index is 6.41. The number of imidazole rings is 1. The molecule has 0 amide bonds. The topological polar surface area (TPSA) is 57.5 Å². The van der Waals surface area contributed by atoms with Crippen LogP contribution in [-0.2, 0) is 21.8 Å². The molecule has 29 heavy (non-hydrogen) atoms. The Morgan fingerprint density at radius 1 is 1.21 bits per heavy atom. The summed E-state index contributed by atoms with van der Waals surface area (Å²) in [6.07, 6.45) is 5.25. The van der Waals surface area contributed by atoms with E-state index in [0.717, 1.165) is 28.0 Å². The van der Waals surface area contributed by atoms with E-state index >= 15 is 0 Å². The number of anilines is 1. The smallest absolute Gasteiger partial charge is 0.214 e. The second-order valence-corrected chi connectivity index (χ2v) is 7.83. The zero-order valence-electron chi connectivity index (χ0n) is 16.3. The summed E-state index contributed by atoms with van der Waals surface area (Å²) < 4.78 is 21.5. The fourth-order valence-electron chi connectivity index (χ4n) is 3.36. The van der Waals surface area contributed by atoms with Crippen molar-refractivity contribution in [2.24, 2.45) is 0 Å². The number of rotatable bonds is 8. The predicted molar refractivity (Wildman–Crippen MR) is 115 cm³/mol. The van der Waals surface area contributed by atoms with Gasteiger partial charge in [-0.05, 0) is 43.3 Å². The van der Waals surface area contributed by atoms with Crippen LogP contribution in [0.2, 0.25) is 0 Å². The molecule has 2 atom stereocenters. The second kappa shape index (κ2) is 8.98. The van der Waals surface area contributed by atoms with Crippen LogP contribution in [0, 0.1) is 0 Å². The fraction of sp³-hybridized carbons (Fsp3) is 0.318. The van der Waals surface area contributed by atoms with E-state index in [2.05, 4.69) is 33.2 Å². The van der Waals surface area contributed by atoms with Crippen molar-refractivity contribution in [3.05, 3.63) is 77.3 Å². The van der Waals surface area contributed by atoms with Gasteiger partial charge in [0.15, 0.2) is 0 Å². The van der Waals surface area contributed by atoms with Crippen LogP contribution < -0.4 is 10.1 Å². The molecule has 3 aromatic rings. The average Bonchev–Trinajstić information content (AvgIpc) is 3.39. The third-order valence-corrected chi connectivity index (χ3v) is 5.29. The van der Waals surface area contributed by atoms with E-state index in [-0.39, 0.29) is 6.10 Å². The summed E-state index contributed by atoms with van der Waals surface area (Å²) in [7, 11) is 0. The number of halogens is 1. The van der Waals surface area contributed by atoms with Gasteiger partial charge in [-0.25, -0.2) is 4.98 Å². The number of ether oxygens (including phenoxy) is 3. The zero-order chi connectivity index (χ0) is 20.1. The van der Waals surface area contributed by atoms with Gasteiger partial charge in [0.05, 0.1) is 19.5 Å². The van der Waals surface area contributed by atoms with Crippen molar-refractivity contribution in [3.8, 4) is 5.75 Å². The number of nitrogens with zero attached hydrogens (tertiary/aromatic N) is 2. The molecular weight excluding hydrogens is 434 g/mol. The predicted octanol–water partition coefficient (Wildman–Crippen LogP) is 4.42. The zero-order valence-corrected chi connectivity index (χ0v) is 17.8. The van der Waals surface area contributed by atoms with E-state index in [0.29, 0.717) is 19.8 Å². The Hall–Kier alpha value is -2.35. The van der Waals surface area contributed by atoms with Crippen molar-refractivity contribution >= 4 is 21.6 Å². The molecule has 1 N–H and O–H groups in total. The minimum atomic E-state index is -0.871. The first-order valence-electron chi connectivity index (χ1n) is 9.67. The van der Waals surface area contributed by atoms with Crippen molar-refractivity contribution in [1.82, 2.24) is 9.55 Å². The van der Waals surface area contributed by atoms with Gasteiger partial charge in [0.25, 0.3) is 0 Å². The lowest BCUT2D eigenvalue weighted by atomic mass is 10.1. The minimum absolute atomic E-state index is 0.171. The lowest BCUT2D eigenvalue weighted by molar-refractivity contribution is -0.189. The van der Waals surface area contributed by atoms with E-state index in [1.54, 1.807) is 12.5 Å². The lowest BCUT2D eigenvalue weighted by Gasteiger charge is -2.29. The van der Waals surface area contributed by atoms with Crippen molar-refractivity contribution < 1.29 is 14.2 Å². The van der Waals surface area contributed by atoms with Gasteiger partial charge in [-0.3, -0.25) is 0 Å². The standard InChI is InChI=1S/C22H24BrN3O3/c1-2-25-19-7-9-20(10-8-19)27-13-21-14-28-22(29-21,15-26-12-11-24-16-26)17-3-5-18(23)6-4-17/h3-12,16,21,25H,2,13-15H2,1H3. The van der Waals surface area contributed by atoms with Crippen LogP contribution in [0.5, 0.6) is 5.75 Å². The highest BCUT2D eigenvalue weighted by Gasteiger charge is 2.44. The van der Waals surface area contributed by atoms with Crippen LogP contribution in [0.4, 0.5) is 5.69 Å². The van der Waals surface area contributed by atoms with Crippen molar-refractivity contribution in [2.75, 3.05) is 25.1 Å². The first-order chi connectivity index (χ1) is 14.2. The van der Waals surface area contributed by atoms with E-state index in [1.807, 2.05) is 59.3 Å². The average molecular weight is 458 g/mol. The summed E-state index contributed by atoms with van der Waals surface area (Å²) >= 11 is 3.49. The lowest BCUT2D eigenvalue weighted by Crippen LogP contribution is -2.34.